The molecule has 25 heavy (non-hydrogen) atoms. The topological polar surface area (TPSA) is 49.8 Å². The summed E-state index contributed by atoms with van der Waals surface area (Å²) in [5.74, 6) is 0.00177. The van der Waals surface area contributed by atoms with Gasteiger partial charge in [-0.05, 0) is 54.8 Å². The lowest BCUT2D eigenvalue weighted by Crippen LogP contribution is -2.46. The first-order valence-electron chi connectivity index (χ1n) is 8.48. The number of methoxy groups -OCH3 is 1. The molecule has 0 aliphatic carbocycles. The number of nitrogens with zero attached hydrogens (tertiary/aromatic N) is 1. The van der Waals surface area contributed by atoms with Crippen molar-refractivity contribution in [3.05, 3.63) is 64.7 Å². The van der Waals surface area contributed by atoms with E-state index in [1.54, 1.807) is 7.11 Å². The zero-order valence-electron chi connectivity index (χ0n) is 14.2. The van der Waals surface area contributed by atoms with Gasteiger partial charge in [0.15, 0.2) is 0 Å². The van der Waals surface area contributed by atoms with Crippen LogP contribution in [0.4, 0.5) is 0 Å². The molecule has 2 atom stereocenters. The van der Waals surface area contributed by atoms with Crippen LogP contribution in [0, 0.1) is 0 Å². The molecular formula is C20H22ClNO3. The zero-order chi connectivity index (χ0) is 17.8. The lowest BCUT2D eigenvalue weighted by Gasteiger charge is -2.39. The molecule has 2 unspecified atom stereocenters. The first-order valence-corrected chi connectivity index (χ1v) is 8.86. The minimum absolute atomic E-state index is 0.145. The van der Waals surface area contributed by atoms with Gasteiger partial charge >= 0.3 is 5.97 Å². The third kappa shape index (κ3) is 3.97. The number of piperidine rings is 1. The number of aliphatic carboxylic acids is 1. The van der Waals surface area contributed by atoms with Gasteiger partial charge in [-0.25, -0.2) is 0 Å². The van der Waals surface area contributed by atoms with E-state index in [4.69, 9.17) is 16.3 Å². The van der Waals surface area contributed by atoms with Gasteiger partial charge in [0.2, 0.25) is 0 Å². The number of carboxylic acids is 1. The van der Waals surface area contributed by atoms with E-state index in [0.717, 1.165) is 36.3 Å². The highest BCUT2D eigenvalue weighted by Crippen LogP contribution is 2.35. The molecule has 0 spiro atoms. The van der Waals surface area contributed by atoms with Crippen molar-refractivity contribution in [2.24, 2.45) is 0 Å². The Hall–Kier alpha value is -2.04. The fourth-order valence-electron chi connectivity index (χ4n) is 3.56. The molecule has 1 fully saturated rings. The molecule has 0 saturated carbocycles. The molecule has 0 radical (unpaired) electrons. The molecule has 0 aromatic heterocycles. The Kier molecular flexibility index (Phi) is 5.61. The van der Waals surface area contributed by atoms with Crippen molar-refractivity contribution >= 4 is 17.6 Å². The van der Waals surface area contributed by atoms with Gasteiger partial charge in [-0.1, -0.05) is 42.3 Å². The summed E-state index contributed by atoms with van der Waals surface area (Å²) in [7, 11) is 1.64. The quantitative estimate of drug-likeness (QED) is 0.860. The van der Waals surface area contributed by atoms with Crippen LogP contribution in [0.5, 0.6) is 5.75 Å². The van der Waals surface area contributed by atoms with Crippen molar-refractivity contribution in [2.75, 3.05) is 13.7 Å². The highest BCUT2D eigenvalue weighted by Gasteiger charge is 2.35. The Bertz CT molecular complexity index is 732. The first-order chi connectivity index (χ1) is 12.1. The molecule has 1 saturated heterocycles. The maximum atomic E-state index is 11.8. The summed E-state index contributed by atoms with van der Waals surface area (Å²) in [5.41, 5.74) is 2.06. The van der Waals surface area contributed by atoms with Crippen molar-refractivity contribution in [2.45, 2.75) is 31.3 Å². The number of halogens is 1. The minimum atomic E-state index is -0.762. The second-order valence-corrected chi connectivity index (χ2v) is 6.75. The van der Waals surface area contributed by atoms with Crippen LogP contribution in [-0.4, -0.2) is 35.7 Å². The second-order valence-electron chi connectivity index (χ2n) is 6.32. The maximum Gasteiger partial charge on any atom is 0.320 e. The average molecular weight is 360 g/mol. The van der Waals surface area contributed by atoms with Crippen molar-refractivity contribution in [1.82, 2.24) is 4.90 Å². The summed E-state index contributed by atoms with van der Waals surface area (Å²) in [6.07, 6.45) is 2.61. The lowest BCUT2D eigenvalue weighted by atomic mass is 9.91. The monoisotopic (exact) mass is 359 g/mol. The standard InChI is InChI=1S/C20H22ClNO3/c1-25-17-6-4-5-15(13-17)19(14-8-10-16(21)11-9-14)22-12-3-2-7-18(22)20(23)24/h4-6,8-11,13,18-19H,2-3,7,12H2,1H3,(H,23,24). The van der Waals surface area contributed by atoms with Crippen LogP contribution in [0.1, 0.15) is 36.4 Å². The fraction of sp³-hybridized carbons (Fsp3) is 0.350. The molecule has 0 amide bonds. The largest absolute Gasteiger partial charge is 0.497 e. The van der Waals surface area contributed by atoms with Crippen LogP contribution in [0.2, 0.25) is 5.02 Å². The summed E-state index contributed by atoms with van der Waals surface area (Å²) in [4.78, 5) is 13.9. The maximum absolute atomic E-state index is 11.8. The normalized spacial score (nSPS) is 19.4. The van der Waals surface area contributed by atoms with Crippen molar-refractivity contribution in [1.29, 1.82) is 0 Å². The van der Waals surface area contributed by atoms with E-state index < -0.39 is 12.0 Å². The molecule has 132 valence electrons. The van der Waals surface area contributed by atoms with E-state index in [1.165, 1.54) is 0 Å². The third-order valence-electron chi connectivity index (χ3n) is 4.76. The highest BCUT2D eigenvalue weighted by atomic mass is 35.5. The first kappa shape index (κ1) is 17.8. The Morgan fingerprint density at radius 1 is 1.20 bits per heavy atom. The molecule has 0 bridgehead atoms. The van der Waals surface area contributed by atoms with Gasteiger partial charge in [0.1, 0.15) is 11.8 Å². The number of ether oxygens (including phenoxy) is 1. The Morgan fingerprint density at radius 3 is 2.64 bits per heavy atom. The van der Waals surface area contributed by atoms with Gasteiger partial charge in [-0.3, -0.25) is 9.69 Å². The van der Waals surface area contributed by atoms with Gasteiger partial charge in [-0.15, -0.1) is 0 Å². The summed E-state index contributed by atoms with van der Waals surface area (Å²) in [6, 6.07) is 14.9. The summed E-state index contributed by atoms with van der Waals surface area (Å²) < 4.78 is 5.37. The van der Waals surface area contributed by atoms with E-state index in [1.807, 2.05) is 48.5 Å². The Morgan fingerprint density at radius 2 is 1.96 bits per heavy atom. The molecule has 3 rings (SSSR count). The SMILES string of the molecule is COc1cccc(C(c2ccc(Cl)cc2)N2CCCCC2C(=O)O)c1. The minimum Gasteiger partial charge on any atom is -0.497 e. The predicted molar refractivity (Wildman–Crippen MR) is 98.3 cm³/mol. The molecule has 1 N–H and O–H groups in total. The van der Waals surface area contributed by atoms with E-state index >= 15 is 0 Å². The van der Waals surface area contributed by atoms with Gasteiger partial charge in [0.05, 0.1) is 13.2 Å². The number of benzene rings is 2. The number of hydrogen-bond donors (Lipinski definition) is 1. The second kappa shape index (κ2) is 7.89. The van der Waals surface area contributed by atoms with Crippen molar-refractivity contribution in [3.8, 4) is 5.75 Å². The lowest BCUT2D eigenvalue weighted by molar-refractivity contribution is -0.145. The molecular weight excluding hydrogens is 338 g/mol. The average Bonchev–Trinajstić information content (AvgIpc) is 2.64. The fourth-order valence-corrected chi connectivity index (χ4v) is 3.69. The predicted octanol–water partition coefficient (Wildman–Crippen LogP) is 4.38. The zero-order valence-corrected chi connectivity index (χ0v) is 14.9. The van der Waals surface area contributed by atoms with Crippen LogP contribution >= 0.6 is 11.6 Å². The Labute approximate surface area is 153 Å². The number of likely N-dealkylation sites (tertiary alicyclic amines) is 1. The third-order valence-corrected chi connectivity index (χ3v) is 5.01. The highest BCUT2D eigenvalue weighted by molar-refractivity contribution is 6.30. The Balaban J connectivity index is 2.07. The number of carbonyl (C=O) groups is 1. The van der Waals surface area contributed by atoms with Crippen LogP contribution in [0.3, 0.4) is 0 Å². The van der Waals surface area contributed by atoms with Crippen LogP contribution in [-0.2, 0) is 4.79 Å². The smallest absolute Gasteiger partial charge is 0.320 e. The molecule has 4 nitrogen and oxygen atoms in total. The van der Waals surface area contributed by atoms with Crippen LogP contribution in [0.15, 0.2) is 48.5 Å². The molecule has 2 aromatic carbocycles. The molecule has 5 heteroatoms. The van der Waals surface area contributed by atoms with Gasteiger partial charge < -0.3 is 9.84 Å². The van der Waals surface area contributed by atoms with Crippen LogP contribution < -0.4 is 4.74 Å². The van der Waals surface area contributed by atoms with Gasteiger partial charge in [0, 0.05) is 5.02 Å². The van der Waals surface area contributed by atoms with Gasteiger partial charge in [0.25, 0.3) is 0 Å². The van der Waals surface area contributed by atoms with Crippen molar-refractivity contribution < 1.29 is 14.6 Å². The van der Waals surface area contributed by atoms with E-state index in [9.17, 15) is 9.90 Å². The molecule has 1 heterocycles. The van der Waals surface area contributed by atoms with Gasteiger partial charge in [-0.2, -0.15) is 0 Å². The summed E-state index contributed by atoms with van der Waals surface area (Å²) in [6.45, 7) is 0.751. The summed E-state index contributed by atoms with van der Waals surface area (Å²) >= 11 is 6.05. The van der Waals surface area contributed by atoms with E-state index in [0.29, 0.717) is 11.4 Å². The van der Waals surface area contributed by atoms with Crippen molar-refractivity contribution in [3.63, 3.8) is 0 Å². The van der Waals surface area contributed by atoms with E-state index in [2.05, 4.69) is 4.90 Å². The summed E-state index contributed by atoms with van der Waals surface area (Å²) in [5, 5.41) is 10.4. The molecule has 2 aromatic rings. The number of hydrogen-bond acceptors (Lipinski definition) is 3. The van der Waals surface area contributed by atoms with E-state index in [-0.39, 0.29) is 6.04 Å². The number of carboxylic acid groups (broad SMARTS) is 1. The van der Waals surface area contributed by atoms with Crippen LogP contribution in [0.25, 0.3) is 0 Å². The number of rotatable bonds is 5. The molecule has 1 aliphatic rings. The molecule has 1 aliphatic heterocycles.